The first-order valence-electron chi connectivity index (χ1n) is 8.19. The van der Waals surface area contributed by atoms with Crippen LogP contribution in [0.15, 0.2) is 53.0 Å². The minimum absolute atomic E-state index is 0.215. The zero-order valence-corrected chi connectivity index (χ0v) is 17.7. The molecule has 0 radical (unpaired) electrons. The normalized spacial score (nSPS) is 11.1. The van der Waals surface area contributed by atoms with Gasteiger partial charge in [-0.15, -0.1) is 11.3 Å². The third kappa shape index (κ3) is 3.40. The monoisotopic (exact) mass is 459 g/mol. The Hall–Kier alpha value is -2.15. The van der Waals surface area contributed by atoms with E-state index in [1.54, 1.807) is 23.5 Å². The molecule has 7 heteroatoms. The first kappa shape index (κ1) is 18.2. The highest BCUT2D eigenvalue weighted by molar-refractivity contribution is 9.10. The van der Waals surface area contributed by atoms with Gasteiger partial charge in [-0.1, -0.05) is 28.1 Å². The smallest absolute Gasteiger partial charge is 0.225 e. The molecule has 27 heavy (non-hydrogen) atoms. The number of hydrogen-bond acceptors (Lipinski definition) is 5. The van der Waals surface area contributed by atoms with Crippen LogP contribution >= 0.6 is 38.9 Å². The number of nitrogens with zero attached hydrogens (tertiary/aromatic N) is 3. The summed E-state index contributed by atoms with van der Waals surface area (Å²) >= 11 is 11.3. The molecular weight excluding hydrogens is 446 g/mol. The molecule has 4 rings (SSSR count). The Labute approximate surface area is 174 Å². The van der Waals surface area contributed by atoms with Crippen LogP contribution in [0.25, 0.3) is 21.3 Å². The second-order valence-corrected chi connectivity index (χ2v) is 8.57. The molecular formula is C20H15BrClN3OS. The largest absolute Gasteiger partial charge is 0.508 e. The van der Waals surface area contributed by atoms with Gasteiger partial charge in [0.15, 0.2) is 0 Å². The highest BCUT2D eigenvalue weighted by Gasteiger charge is 2.21. The van der Waals surface area contributed by atoms with Gasteiger partial charge >= 0.3 is 0 Å². The topological polar surface area (TPSA) is 49.2 Å². The zero-order chi connectivity index (χ0) is 19.1. The van der Waals surface area contributed by atoms with Crippen molar-refractivity contribution in [3.05, 3.63) is 63.2 Å². The molecule has 0 aliphatic rings. The number of aromatic nitrogens is 2. The van der Waals surface area contributed by atoms with Gasteiger partial charge in [0.25, 0.3) is 0 Å². The molecule has 0 aliphatic carbocycles. The van der Waals surface area contributed by atoms with Crippen molar-refractivity contribution >= 4 is 60.6 Å². The standard InChI is InChI=1S/C20H15BrClN3OS/c1-11-16(12-3-5-13(21)6-4-12)17-18(23-20(22)24-19(17)27-11)25(2)14-7-9-15(26)10-8-14/h3-10,26H,1-2H3. The molecule has 0 unspecified atom stereocenters. The van der Waals surface area contributed by atoms with Gasteiger partial charge < -0.3 is 10.0 Å². The third-order valence-electron chi connectivity index (χ3n) is 4.37. The van der Waals surface area contributed by atoms with E-state index in [9.17, 15) is 5.11 Å². The average Bonchev–Trinajstić information content (AvgIpc) is 2.97. The van der Waals surface area contributed by atoms with Crippen LogP contribution in [-0.4, -0.2) is 22.1 Å². The Morgan fingerprint density at radius 3 is 2.37 bits per heavy atom. The minimum Gasteiger partial charge on any atom is -0.508 e. The molecule has 136 valence electrons. The molecule has 0 bridgehead atoms. The summed E-state index contributed by atoms with van der Waals surface area (Å²) in [5.74, 6) is 0.956. The number of benzene rings is 2. The number of rotatable bonds is 3. The number of thiophene rings is 1. The molecule has 4 aromatic rings. The molecule has 0 amide bonds. The Morgan fingerprint density at radius 2 is 1.70 bits per heavy atom. The van der Waals surface area contributed by atoms with E-state index in [2.05, 4.69) is 45.0 Å². The van der Waals surface area contributed by atoms with Crippen LogP contribution in [0.3, 0.4) is 0 Å². The fourth-order valence-corrected chi connectivity index (χ4v) is 4.59. The van der Waals surface area contributed by atoms with Crippen LogP contribution in [0.4, 0.5) is 11.5 Å². The Kier molecular flexibility index (Phi) is 4.80. The van der Waals surface area contributed by atoms with Crippen molar-refractivity contribution in [3.63, 3.8) is 0 Å². The minimum atomic E-state index is 0.215. The summed E-state index contributed by atoms with van der Waals surface area (Å²) in [5.41, 5.74) is 3.11. The lowest BCUT2D eigenvalue weighted by molar-refractivity contribution is 0.475. The highest BCUT2D eigenvalue weighted by atomic mass is 79.9. The number of halogens is 2. The molecule has 0 aliphatic heterocycles. The lowest BCUT2D eigenvalue weighted by Gasteiger charge is -2.20. The molecule has 0 spiro atoms. The van der Waals surface area contributed by atoms with E-state index in [0.717, 1.165) is 42.2 Å². The third-order valence-corrected chi connectivity index (χ3v) is 6.07. The fourth-order valence-electron chi connectivity index (χ4n) is 3.07. The van der Waals surface area contributed by atoms with Crippen LogP contribution in [0.2, 0.25) is 5.28 Å². The number of fused-ring (bicyclic) bond motifs is 1. The first-order chi connectivity index (χ1) is 12.9. The van der Waals surface area contributed by atoms with E-state index in [4.69, 9.17) is 11.6 Å². The number of hydrogen-bond donors (Lipinski definition) is 1. The maximum atomic E-state index is 9.58. The highest BCUT2D eigenvalue weighted by Crippen LogP contribution is 2.43. The van der Waals surface area contributed by atoms with Crippen molar-refractivity contribution < 1.29 is 5.11 Å². The second kappa shape index (κ2) is 7.11. The van der Waals surface area contributed by atoms with Crippen LogP contribution < -0.4 is 4.90 Å². The number of phenols is 1. The Bertz CT molecular complexity index is 1130. The SMILES string of the molecule is Cc1sc2nc(Cl)nc(N(C)c3ccc(O)cc3)c2c1-c1ccc(Br)cc1. The summed E-state index contributed by atoms with van der Waals surface area (Å²) in [5, 5.41) is 10.8. The van der Waals surface area contributed by atoms with E-state index in [1.807, 2.05) is 36.2 Å². The van der Waals surface area contributed by atoms with Gasteiger partial charge in [-0.25, -0.2) is 4.98 Å². The zero-order valence-electron chi connectivity index (χ0n) is 14.6. The quantitative estimate of drug-likeness (QED) is 0.352. The molecule has 4 nitrogen and oxygen atoms in total. The number of anilines is 2. The maximum absolute atomic E-state index is 9.58. The van der Waals surface area contributed by atoms with Crippen molar-refractivity contribution in [3.8, 4) is 16.9 Å². The Morgan fingerprint density at radius 1 is 1.04 bits per heavy atom. The molecule has 0 saturated carbocycles. The van der Waals surface area contributed by atoms with Crippen molar-refractivity contribution in [2.24, 2.45) is 0 Å². The Balaban J connectivity index is 1.97. The lowest BCUT2D eigenvalue weighted by Crippen LogP contribution is -2.12. The predicted molar refractivity (Wildman–Crippen MR) is 116 cm³/mol. The van der Waals surface area contributed by atoms with Crippen molar-refractivity contribution in [1.82, 2.24) is 9.97 Å². The van der Waals surface area contributed by atoms with Crippen LogP contribution in [0.5, 0.6) is 5.75 Å². The maximum Gasteiger partial charge on any atom is 0.225 e. The van der Waals surface area contributed by atoms with E-state index >= 15 is 0 Å². The van der Waals surface area contributed by atoms with Crippen LogP contribution in [0, 0.1) is 6.92 Å². The first-order valence-corrected chi connectivity index (χ1v) is 10.2. The van der Waals surface area contributed by atoms with Crippen molar-refractivity contribution in [2.75, 3.05) is 11.9 Å². The van der Waals surface area contributed by atoms with Crippen molar-refractivity contribution in [2.45, 2.75) is 6.92 Å². The van der Waals surface area contributed by atoms with Gasteiger partial charge in [-0.05, 0) is 60.5 Å². The summed E-state index contributed by atoms with van der Waals surface area (Å²) < 4.78 is 1.03. The summed E-state index contributed by atoms with van der Waals surface area (Å²) in [4.78, 5) is 13.0. The van der Waals surface area contributed by atoms with Gasteiger partial charge in [0.05, 0.1) is 5.39 Å². The molecule has 2 aromatic carbocycles. The van der Waals surface area contributed by atoms with Gasteiger partial charge in [0.2, 0.25) is 5.28 Å². The molecule has 0 saturated heterocycles. The van der Waals surface area contributed by atoms with Gasteiger partial charge in [0, 0.05) is 27.6 Å². The second-order valence-electron chi connectivity index (χ2n) is 6.11. The number of phenolic OH excluding ortho intramolecular Hbond substituents is 1. The molecule has 0 fully saturated rings. The van der Waals surface area contributed by atoms with Gasteiger partial charge in [-0.2, -0.15) is 4.98 Å². The van der Waals surface area contributed by atoms with Crippen LogP contribution in [-0.2, 0) is 0 Å². The molecule has 2 heterocycles. The summed E-state index contributed by atoms with van der Waals surface area (Å²) in [7, 11) is 1.93. The molecule has 0 atom stereocenters. The molecule has 1 N–H and O–H groups in total. The summed E-state index contributed by atoms with van der Waals surface area (Å²) in [6.45, 7) is 2.09. The summed E-state index contributed by atoms with van der Waals surface area (Å²) in [6.07, 6.45) is 0. The van der Waals surface area contributed by atoms with Gasteiger partial charge in [-0.3, -0.25) is 0 Å². The predicted octanol–water partition coefficient (Wildman–Crippen LogP) is 6.56. The van der Waals surface area contributed by atoms with Crippen LogP contribution in [0.1, 0.15) is 4.88 Å². The van der Waals surface area contributed by atoms with E-state index in [1.165, 1.54) is 0 Å². The fraction of sp³-hybridized carbons (Fsp3) is 0.100. The molecule has 2 aromatic heterocycles. The van der Waals surface area contributed by atoms with E-state index in [-0.39, 0.29) is 11.0 Å². The number of aromatic hydroxyl groups is 1. The van der Waals surface area contributed by atoms with E-state index in [0.29, 0.717) is 0 Å². The lowest BCUT2D eigenvalue weighted by atomic mass is 10.0. The average molecular weight is 461 g/mol. The van der Waals surface area contributed by atoms with Crippen molar-refractivity contribution in [1.29, 1.82) is 0 Å². The number of aryl methyl sites for hydroxylation is 1. The van der Waals surface area contributed by atoms with Gasteiger partial charge in [0.1, 0.15) is 16.4 Å². The van der Waals surface area contributed by atoms with E-state index < -0.39 is 0 Å². The summed E-state index contributed by atoms with van der Waals surface area (Å²) in [6, 6.07) is 15.2.